The number of aromatic nitrogens is 2. The summed E-state index contributed by atoms with van der Waals surface area (Å²) in [5, 5.41) is 8.95. The van der Waals surface area contributed by atoms with Crippen LogP contribution in [0.2, 0.25) is 0 Å². The third kappa shape index (κ3) is 1.41. The molecule has 0 aliphatic heterocycles. The maximum Gasteiger partial charge on any atom is 0.335 e. The first kappa shape index (κ1) is 10.5. The molecule has 0 aliphatic rings. The monoisotopic (exact) mass is 220 g/mol. The summed E-state index contributed by atoms with van der Waals surface area (Å²) < 4.78 is 7.06. The number of benzene rings is 1. The normalized spacial score (nSPS) is 10.7. The number of carboxylic acid groups (broad SMARTS) is 1. The molecule has 2 rings (SSSR count). The zero-order valence-electron chi connectivity index (χ0n) is 9.31. The lowest BCUT2D eigenvalue weighted by Crippen LogP contribution is -1.99. The summed E-state index contributed by atoms with van der Waals surface area (Å²) >= 11 is 0. The van der Waals surface area contributed by atoms with Crippen molar-refractivity contribution in [3.63, 3.8) is 0 Å². The molecule has 0 fully saturated rings. The standard InChI is InChI=1S/C11H12N2O3/c1-6-12-8-4-7(11(14)15)5-9(16-3)10(8)13(6)2/h4-5H,1-3H3,(H,14,15). The van der Waals surface area contributed by atoms with Crippen molar-refractivity contribution in [2.24, 2.45) is 7.05 Å². The van der Waals surface area contributed by atoms with Crippen molar-refractivity contribution in [2.45, 2.75) is 6.92 Å². The Morgan fingerprint density at radius 2 is 2.19 bits per heavy atom. The zero-order valence-corrected chi connectivity index (χ0v) is 9.31. The molecule has 84 valence electrons. The molecule has 0 saturated carbocycles. The molecule has 0 radical (unpaired) electrons. The molecular weight excluding hydrogens is 208 g/mol. The number of rotatable bonds is 2. The SMILES string of the molecule is COc1cc(C(=O)O)cc2nc(C)n(C)c12. The number of imidazole rings is 1. The lowest BCUT2D eigenvalue weighted by molar-refractivity contribution is 0.0696. The van der Waals surface area contributed by atoms with Gasteiger partial charge in [-0.3, -0.25) is 0 Å². The van der Waals surface area contributed by atoms with E-state index in [-0.39, 0.29) is 5.56 Å². The largest absolute Gasteiger partial charge is 0.494 e. The molecule has 2 aromatic rings. The third-order valence-corrected chi connectivity index (χ3v) is 2.62. The second-order valence-corrected chi connectivity index (χ2v) is 3.57. The van der Waals surface area contributed by atoms with Crippen LogP contribution in [0.1, 0.15) is 16.2 Å². The second-order valence-electron chi connectivity index (χ2n) is 3.57. The van der Waals surface area contributed by atoms with Crippen LogP contribution in [0.3, 0.4) is 0 Å². The molecule has 0 unspecified atom stereocenters. The average Bonchev–Trinajstić information content (AvgIpc) is 2.53. The Balaban J connectivity index is 2.83. The van der Waals surface area contributed by atoms with Crippen molar-refractivity contribution in [2.75, 3.05) is 7.11 Å². The maximum atomic E-state index is 10.9. The Hall–Kier alpha value is -2.04. The Labute approximate surface area is 92.3 Å². The van der Waals surface area contributed by atoms with Crippen LogP contribution in [0.25, 0.3) is 11.0 Å². The smallest absolute Gasteiger partial charge is 0.335 e. The number of carbonyl (C=O) groups is 1. The number of carboxylic acids is 1. The molecule has 0 spiro atoms. The number of hydrogen-bond acceptors (Lipinski definition) is 3. The topological polar surface area (TPSA) is 64.3 Å². The van der Waals surface area contributed by atoms with Crippen LogP contribution in [0.5, 0.6) is 5.75 Å². The van der Waals surface area contributed by atoms with Gasteiger partial charge in [0.15, 0.2) is 0 Å². The second kappa shape index (κ2) is 3.52. The minimum atomic E-state index is -0.983. The van der Waals surface area contributed by atoms with Gasteiger partial charge in [0.05, 0.1) is 18.2 Å². The number of fused-ring (bicyclic) bond motifs is 1. The first-order valence-electron chi connectivity index (χ1n) is 4.79. The van der Waals surface area contributed by atoms with E-state index in [9.17, 15) is 4.79 Å². The third-order valence-electron chi connectivity index (χ3n) is 2.62. The Morgan fingerprint density at radius 1 is 1.50 bits per heavy atom. The van der Waals surface area contributed by atoms with Crippen molar-refractivity contribution < 1.29 is 14.6 Å². The minimum Gasteiger partial charge on any atom is -0.494 e. The molecule has 16 heavy (non-hydrogen) atoms. The van der Waals surface area contributed by atoms with Gasteiger partial charge in [-0.15, -0.1) is 0 Å². The number of nitrogens with zero attached hydrogens (tertiary/aromatic N) is 2. The quantitative estimate of drug-likeness (QED) is 0.834. The predicted octanol–water partition coefficient (Wildman–Crippen LogP) is 1.59. The molecule has 5 heteroatoms. The number of ether oxygens (including phenoxy) is 1. The summed E-state index contributed by atoms with van der Waals surface area (Å²) in [7, 11) is 3.39. The highest BCUT2D eigenvalue weighted by molar-refractivity contribution is 5.95. The molecule has 0 saturated heterocycles. The van der Waals surface area contributed by atoms with E-state index in [0.717, 1.165) is 11.3 Å². The zero-order chi connectivity index (χ0) is 11.9. The number of aryl methyl sites for hydroxylation is 2. The van der Waals surface area contributed by atoms with Gasteiger partial charge in [-0.2, -0.15) is 0 Å². The van der Waals surface area contributed by atoms with E-state index in [4.69, 9.17) is 9.84 Å². The summed E-state index contributed by atoms with van der Waals surface area (Å²) in [6.45, 7) is 1.86. The molecule has 1 N–H and O–H groups in total. The summed E-state index contributed by atoms with van der Waals surface area (Å²) in [5.74, 6) is 0.359. The lowest BCUT2D eigenvalue weighted by atomic mass is 10.2. The van der Waals surface area contributed by atoms with Crippen molar-refractivity contribution >= 4 is 17.0 Å². The van der Waals surface area contributed by atoms with Gasteiger partial charge in [0.25, 0.3) is 0 Å². The highest BCUT2D eigenvalue weighted by atomic mass is 16.5. The predicted molar refractivity (Wildman–Crippen MR) is 59.0 cm³/mol. The maximum absolute atomic E-state index is 10.9. The molecular formula is C11H12N2O3. The summed E-state index contributed by atoms with van der Waals surface area (Å²) in [5.41, 5.74) is 1.63. The molecule has 0 atom stereocenters. The van der Waals surface area contributed by atoms with Crippen LogP contribution >= 0.6 is 0 Å². The highest BCUT2D eigenvalue weighted by Crippen LogP contribution is 2.27. The van der Waals surface area contributed by atoms with Crippen LogP contribution in [0.15, 0.2) is 12.1 Å². The Bertz CT molecular complexity index is 572. The van der Waals surface area contributed by atoms with Crippen LogP contribution in [-0.2, 0) is 7.05 Å². The molecule has 0 amide bonds. The Kier molecular flexibility index (Phi) is 2.30. The molecule has 1 heterocycles. The van der Waals surface area contributed by atoms with Gasteiger partial charge >= 0.3 is 5.97 Å². The fourth-order valence-corrected chi connectivity index (χ4v) is 1.71. The van der Waals surface area contributed by atoms with Crippen LogP contribution in [0, 0.1) is 6.92 Å². The molecule has 0 bridgehead atoms. The van der Waals surface area contributed by atoms with Crippen LogP contribution < -0.4 is 4.74 Å². The van der Waals surface area contributed by atoms with Gasteiger partial charge in [0.2, 0.25) is 0 Å². The van der Waals surface area contributed by atoms with E-state index < -0.39 is 5.97 Å². The summed E-state index contributed by atoms with van der Waals surface area (Å²) in [6.07, 6.45) is 0. The fourth-order valence-electron chi connectivity index (χ4n) is 1.71. The van der Waals surface area contributed by atoms with E-state index >= 15 is 0 Å². The average molecular weight is 220 g/mol. The van der Waals surface area contributed by atoms with Gasteiger partial charge in [0, 0.05) is 7.05 Å². The van der Waals surface area contributed by atoms with Crippen molar-refractivity contribution in [1.82, 2.24) is 9.55 Å². The molecule has 5 nitrogen and oxygen atoms in total. The minimum absolute atomic E-state index is 0.183. The fraction of sp³-hybridized carbons (Fsp3) is 0.273. The highest BCUT2D eigenvalue weighted by Gasteiger charge is 2.14. The van der Waals surface area contributed by atoms with E-state index in [1.165, 1.54) is 13.2 Å². The van der Waals surface area contributed by atoms with Gasteiger partial charge < -0.3 is 14.4 Å². The van der Waals surface area contributed by atoms with E-state index in [1.54, 1.807) is 6.07 Å². The van der Waals surface area contributed by atoms with Crippen LogP contribution in [0.4, 0.5) is 0 Å². The first-order valence-corrected chi connectivity index (χ1v) is 4.79. The van der Waals surface area contributed by atoms with Crippen LogP contribution in [-0.4, -0.2) is 27.7 Å². The van der Waals surface area contributed by atoms with Crippen molar-refractivity contribution in [1.29, 1.82) is 0 Å². The van der Waals surface area contributed by atoms with E-state index in [2.05, 4.69) is 4.98 Å². The van der Waals surface area contributed by atoms with Crippen molar-refractivity contribution in [3.05, 3.63) is 23.5 Å². The van der Waals surface area contributed by atoms with Gasteiger partial charge in [0.1, 0.15) is 17.1 Å². The number of aromatic carboxylic acids is 1. The Morgan fingerprint density at radius 3 is 2.75 bits per heavy atom. The molecule has 0 aliphatic carbocycles. The van der Waals surface area contributed by atoms with Gasteiger partial charge in [-0.05, 0) is 19.1 Å². The molecule has 1 aromatic heterocycles. The van der Waals surface area contributed by atoms with Gasteiger partial charge in [-0.1, -0.05) is 0 Å². The molecule has 1 aromatic carbocycles. The van der Waals surface area contributed by atoms with Crippen molar-refractivity contribution in [3.8, 4) is 5.75 Å². The van der Waals surface area contributed by atoms with E-state index in [0.29, 0.717) is 11.3 Å². The number of hydrogen-bond donors (Lipinski definition) is 1. The van der Waals surface area contributed by atoms with Gasteiger partial charge in [-0.25, -0.2) is 9.78 Å². The first-order chi connectivity index (χ1) is 7.54. The summed E-state index contributed by atoms with van der Waals surface area (Å²) in [4.78, 5) is 15.2. The number of methoxy groups -OCH3 is 1. The lowest BCUT2D eigenvalue weighted by Gasteiger charge is -2.05. The summed E-state index contributed by atoms with van der Waals surface area (Å²) in [6, 6.07) is 3.05. The van der Waals surface area contributed by atoms with E-state index in [1.807, 2.05) is 18.5 Å².